The van der Waals surface area contributed by atoms with Gasteiger partial charge in [-0.15, -0.1) is 0 Å². The molecule has 72 valence electrons. The van der Waals surface area contributed by atoms with Crippen LogP contribution in [0.15, 0.2) is 18.2 Å². The Bertz CT molecular complexity index is 274. The van der Waals surface area contributed by atoms with E-state index in [4.69, 9.17) is 9.47 Å². The van der Waals surface area contributed by atoms with Crippen LogP contribution < -0.4 is 9.47 Å². The van der Waals surface area contributed by atoms with Crippen LogP contribution in [0.4, 0.5) is 0 Å². The van der Waals surface area contributed by atoms with E-state index in [1.165, 1.54) is 0 Å². The van der Waals surface area contributed by atoms with Crippen LogP contribution in [-0.2, 0) is 0 Å². The number of hydrogen-bond donors (Lipinski definition) is 0. The summed E-state index contributed by atoms with van der Waals surface area (Å²) in [4.78, 5) is 0. The van der Waals surface area contributed by atoms with E-state index < -0.39 is 0 Å². The molecule has 3 heteroatoms. The summed E-state index contributed by atoms with van der Waals surface area (Å²) in [6.07, 6.45) is 0. The zero-order chi connectivity index (χ0) is 9.68. The summed E-state index contributed by atoms with van der Waals surface area (Å²) >= 11 is 2.25. The van der Waals surface area contributed by atoms with Gasteiger partial charge in [0.15, 0.2) is 0 Å². The predicted octanol–water partition coefficient (Wildman–Crippen LogP) is 3.09. The monoisotopic (exact) mass is 292 g/mol. The van der Waals surface area contributed by atoms with Gasteiger partial charge in [-0.25, -0.2) is 0 Å². The van der Waals surface area contributed by atoms with Crippen molar-refractivity contribution in [1.82, 2.24) is 0 Å². The minimum atomic E-state index is 0.686. The Kier molecular flexibility index (Phi) is 4.35. The van der Waals surface area contributed by atoms with Gasteiger partial charge in [-0.05, 0) is 48.6 Å². The first-order valence-corrected chi connectivity index (χ1v) is 5.41. The maximum atomic E-state index is 5.44. The third kappa shape index (κ3) is 3.06. The van der Waals surface area contributed by atoms with Crippen molar-refractivity contribution in [3.05, 3.63) is 21.8 Å². The molecule has 0 bridgehead atoms. The van der Waals surface area contributed by atoms with Crippen molar-refractivity contribution in [3.8, 4) is 11.5 Å². The van der Waals surface area contributed by atoms with Crippen LogP contribution in [-0.4, -0.2) is 13.2 Å². The van der Waals surface area contributed by atoms with Gasteiger partial charge in [0.05, 0.1) is 16.8 Å². The van der Waals surface area contributed by atoms with Gasteiger partial charge in [0.2, 0.25) is 0 Å². The van der Waals surface area contributed by atoms with Gasteiger partial charge in [-0.2, -0.15) is 0 Å². The molecule has 0 fully saturated rings. The van der Waals surface area contributed by atoms with Crippen molar-refractivity contribution in [2.45, 2.75) is 13.8 Å². The van der Waals surface area contributed by atoms with E-state index >= 15 is 0 Å². The lowest BCUT2D eigenvalue weighted by Crippen LogP contribution is -1.96. The maximum absolute atomic E-state index is 5.44. The second kappa shape index (κ2) is 5.32. The van der Waals surface area contributed by atoms with Crippen molar-refractivity contribution in [3.63, 3.8) is 0 Å². The van der Waals surface area contributed by atoms with E-state index in [0.717, 1.165) is 15.1 Å². The number of hydrogen-bond acceptors (Lipinski definition) is 2. The molecule has 1 aromatic rings. The summed E-state index contributed by atoms with van der Waals surface area (Å²) < 4.78 is 11.9. The fourth-order valence-electron chi connectivity index (χ4n) is 1.01. The first-order chi connectivity index (χ1) is 6.27. The van der Waals surface area contributed by atoms with E-state index in [1.54, 1.807) is 0 Å². The Morgan fingerprint density at radius 1 is 1.15 bits per heavy atom. The summed E-state index contributed by atoms with van der Waals surface area (Å²) in [5.41, 5.74) is 0. The SMILES string of the molecule is CCOc1ccc(I)c(OCC)c1. The number of rotatable bonds is 4. The highest BCUT2D eigenvalue weighted by atomic mass is 127. The predicted molar refractivity (Wildman–Crippen MR) is 61.5 cm³/mol. The van der Waals surface area contributed by atoms with Crippen LogP contribution in [0.5, 0.6) is 11.5 Å². The lowest BCUT2D eigenvalue weighted by molar-refractivity contribution is 0.321. The molecule has 0 radical (unpaired) electrons. The van der Waals surface area contributed by atoms with Crippen LogP contribution in [0.25, 0.3) is 0 Å². The topological polar surface area (TPSA) is 18.5 Å². The summed E-state index contributed by atoms with van der Waals surface area (Å²) in [6.45, 7) is 5.32. The Hall–Kier alpha value is -0.450. The van der Waals surface area contributed by atoms with E-state index in [1.807, 2.05) is 32.0 Å². The van der Waals surface area contributed by atoms with Gasteiger partial charge < -0.3 is 9.47 Å². The second-order valence-electron chi connectivity index (χ2n) is 2.46. The van der Waals surface area contributed by atoms with Gasteiger partial charge >= 0.3 is 0 Å². The van der Waals surface area contributed by atoms with E-state index in [-0.39, 0.29) is 0 Å². The summed E-state index contributed by atoms with van der Waals surface area (Å²) in [5, 5.41) is 0. The largest absolute Gasteiger partial charge is 0.494 e. The molecule has 0 spiro atoms. The summed E-state index contributed by atoms with van der Waals surface area (Å²) in [6, 6.07) is 5.87. The summed E-state index contributed by atoms with van der Waals surface area (Å²) in [5.74, 6) is 1.76. The van der Waals surface area contributed by atoms with E-state index in [2.05, 4.69) is 22.6 Å². The molecule has 1 rings (SSSR count). The highest BCUT2D eigenvalue weighted by Crippen LogP contribution is 2.26. The van der Waals surface area contributed by atoms with Gasteiger partial charge in [0.1, 0.15) is 11.5 Å². The number of benzene rings is 1. The van der Waals surface area contributed by atoms with Crippen LogP contribution >= 0.6 is 22.6 Å². The molecule has 13 heavy (non-hydrogen) atoms. The fraction of sp³-hybridized carbons (Fsp3) is 0.400. The van der Waals surface area contributed by atoms with Crippen molar-refractivity contribution in [1.29, 1.82) is 0 Å². The van der Waals surface area contributed by atoms with Gasteiger partial charge in [0.25, 0.3) is 0 Å². The van der Waals surface area contributed by atoms with Crippen molar-refractivity contribution in [2.75, 3.05) is 13.2 Å². The molecule has 0 atom stereocenters. The molecule has 0 N–H and O–H groups in total. The van der Waals surface area contributed by atoms with Gasteiger partial charge in [-0.3, -0.25) is 0 Å². The molecule has 0 saturated heterocycles. The minimum absolute atomic E-state index is 0.686. The Morgan fingerprint density at radius 2 is 1.85 bits per heavy atom. The van der Waals surface area contributed by atoms with Gasteiger partial charge in [-0.1, -0.05) is 0 Å². The molecular formula is C10H13IO2. The second-order valence-corrected chi connectivity index (χ2v) is 3.62. The van der Waals surface area contributed by atoms with Crippen LogP contribution in [0.2, 0.25) is 0 Å². The average molecular weight is 292 g/mol. The smallest absolute Gasteiger partial charge is 0.136 e. The molecule has 0 heterocycles. The molecule has 0 aromatic heterocycles. The molecule has 0 aliphatic rings. The van der Waals surface area contributed by atoms with Crippen LogP contribution in [0.1, 0.15) is 13.8 Å². The molecule has 1 aromatic carbocycles. The first-order valence-electron chi connectivity index (χ1n) is 4.33. The lowest BCUT2D eigenvalue weighted by atomic mass is 10.3. The quantitative estimate of drug-likeness (QED) is 0.794. The van der Waals surface area contributed by atoms with Crippen LogP contribution in [0.3, 0.4) is 0 Å². The molecule has 0 aliphatic heterocycles. The van der Waals surface area contributed by atoms with E-state index in [9.17, 15) is 0 Å². The van der Waals surface area contributed by atoms with Gasteiger partial charge in [0, 0.05) is 6.07 Å². The molecule has 2 nitrogen and oxygen atoms in total. The molecular weight excluding hydrogens is 279 g/mol. The lowest BCUT2D eigenvalue weighted by Gasteiger charge is -2.08. The van der Waals surface area contributed by atoms with Crippen molar-refractivity contribution in [2.24, 2.45) is 0 Å². The third-order valence-corrected chi connectivity index (χ3v) is 2.40. The molecule has 0 amide bonds. The Labute approximate surface area is 92.4 Å². The maximum Gasteiger partial charge on any atom is 0.136 e. The number of halogens is 1. The first kappa shape index (κ1) is 10.6. The van der Waals surface area contributed by atoms with Crippen molar-refractivity contribution < 1.29 is 9.47 Å². The average Bonchev–Trinajstić information content (AvgIpc) is 2.12. The van der Waals surface area contributed by atoms with Crippen LogP contribution in [0, 0.1) is 3.57 Å². The summed E-state index contributed by atoms with van der Waals surface area (Å²) in [7, 11) is 0. The molecule has 0 unspecified atom stereocenters. The standard InChI is InChI=1S/C10H13IO2/c1-3-12-8-5-6-9(11)10(7-8)13-4-2/h5-7H,3-4H2,1-2H3. The normalized spacial score (nSPS) is 9.77. The Balaban J connectivity index is 2.83. The highest BCUT2D eigenvalue weighted by Gasteiger charge is 2.01. The van der Waals surface area contributed by atoms with E-state index in [0.29, 0.717) is 13.2 Å². The number of ether oxygens (including phenoxy) is 2. The zero-order valence-electron chi connectivity index (χ0n) is 7.84. The minimum Gasteiger partial charge on any atom is -0.494 e. The fourth-order valence-corrected chi connectivity index (χ4v) is 1.50. The van der Waals surface area contributed by atoms with Crippen molar-refractivity contribution >= 4 is 22.6 Å². The third-order valence-electron chi connectivity index (χ3n) is 1.51. The zero-order valence-corrected chi connectivity index (χ0v) is 10.00. The molecule has 0 saturated carbocycles. The Morgan fingerprint density at radius 3 is 2.46 bits per heavy atom. The highest BCUT2D eigenvalue weighted by molar-refractivity contribution is 14.1. The molecule has 0 aliphatic carbocycles.